The summed E-state index contributed by atoms with van der Waals surface area (Å²) in [5, 5.41) is 3.31. The fourth-order valence-corrected chi connectivity index (χ4v) is 1.92. The van der Waals surface area contributed by atoms with Gasteiger partial charge in [0.2, 0.25) is 0 Å². The van der Waals surface area contributed by atoms with Crippen LogP contribution in [0.4, 0.5) is 8.78 Å². The Bertz CT molecular complexity index is 363. The van der Waals surface area contributed by atoms with E-state index in [1.54, 1.807) is 13.0 Å². The molecule has 0 fully saturated rings. The van der Waals surface area contributed by atoms with Gasteiger partial charge in [-0.2, -0.15) is 0 Å². The molecule has 0 spiro atoms. The Hall–Kier alpha value is -0.960. The summed E-state index contributed by atoms with van der Waals surface area (Å²) in [5.41, 5.74) is 1.08. The van der Waals surface area contributed by atoms with E-state index in [1.807, 2.05) is 0 Å². The highest BCUT2D eigenvalue weighted by Gasteiger charge is 2.16. The predicted molar refractivity (Wildman–Crippen MR) is 67.0 cm³/mol. The van der Waals surface area contributed by atoms with Gasteiger partial charge < -0.3 is 5.32 Å². The van der Waals surface area contributed by atoms with Gasteiger partial charge >= 0.3 is 0 Å². The molecule has 0 aromatic heterocycles. The Balaban J connectivity index is 2.96. The monoisotopic (exact) mass is 241 g/mol. The fraction of sp³-hybridized carbons (Fsp3) is 0.571. The van der Waals surface area contributed by atoms with Crippen molar-refractivity contribution in [3.05, 3.63) is 34.9 Å². The number of halogens is 2. The van der Waals surface area contributed by atoms with Gasteiger partial charge in [-0.15, -0.1) is 0 Å². The van der Waals surface area contributed by atoms with E-state index >= 15 is 0 Å². The van der Waals surface area contributed by atoms with Gasteiger partial charge in [0, 0.05) is 17.7 Å². The molecule has 0 bridgehead atoms. The van der Waals surface area contributed by atoms with Gasteiger partial charge in [0.1, 0.15) is 11.6 Å². The Morgan fingerprint density at radius 3 is 2.41 bits per heavy atom. The van der Waals surface area contributed by atoms with Crippen LogP contribution in [0.25, 0.3) is 0 Å². The lowest BCUT2D eigenvalue weighted by Crippen LogP contribution is -2.23. The van der Waals surface area contributed by atoms with E-state index in [4.69, 9.17) is 0 Å². The summed E-state index contributed by atoms with van der Waals surface area (Å²) < 4.78 is 27.0. The van der Waals surface area contributed by atoms with Crippen LogP contribution in [0, 0.1) is 18.6 Å². The van der Waals surface area contributed by atoms with Crippen LogP contribution in [0.1, 0.15) is 50.3 Å². The van der Waals surface area contributed by atoms with Gasteiger partial charge in [0.05, 0.1) is 0 Å². The van der Waals surface area contributed by atoms with Gasteiger partial charge in [-0.25, -0.2) is 8.78 Å². The normalized spacial score (nSPS) is 12.8. The van der Waals surface area contributed by atoms with E-state index in [0.29, 0.717) is 11.1 Å². The average molecular weight is 241 g/mol. The standard InChI is InChI=1S/C14H21F2N/c1-4-6-14(17-7-5-2)11-8-10(3)12(15)9-13(11)16/h8-9,14,17H,4-7H2,1-3H3. The summed E-state index contributed by atoms with van der Waals surface area (Å²) in [6.07, 6.45) is 2.83. The van der Waals surface area contributed by atoms with Crippen LogP contribution in [0.15, 0.2) is 12.1 Å². The predicted octanol–water partition coefficient (Wildman–Crippen LogP) is 4.11. The van der Waals surface area contributed by atoms with E-state index in [0.717, 1.165) is 31.9 Å². The minimum Gasteiger partial charge on any atom is -0.310 e. The highest BCUT2D eigenvalue weighted by molar-refractivity contribution is 5.28. The maximum atomic E-state index is 13.8. The lowest BCUT2D eigenvalue weighted by molar-refractivity contribution is 0.464. The van der Waals surface area contributed by atoms with Crippen molar-refractivity contribution in [3.8, 4) is 0 Å². The number of benzene rings is 1. The molecule has 1 rings (SSSR count). The Morgan fingerprint density at radius 2 is 1.82 bits per heavy atom. The maximum Gasteiger partial charge on any atom is 0.130 e. The highest BCUT2D eigenvalue weighted by Crippen LogP contribution is 2.24. The Morgan fingerprint density at radius 1 is 1.12 bits per heavy atom. The molecule has 1 atom stereocenters. The Labute approximate surface area is 102 Å². The molecule has 0 radical (unpaired) electrons. The molecule has 0 saturated carbocycles. The SMILES string of the molecule is CCCNC(CCC)c1cc(C)c(F)cc1F. The molecule has 3 heteroatoms. The molecule has 17 heavy (non-hydrogen) atoms. The van der Waals surface area contributed by atoms with E-state index in [-0.39, 0.29) is 6.04 Å². The maximum absolute atomic E-state index is 13.8. The van der Waals surface area contributed by atoms with Gasteiger partial charge in [-0.1, -0.05) is 20.3 Å². The van der Waals surface area contributed by atoms with Crippen molar-refractivity contribution in [1.29, 1.82) is 0 Å². The molecule has 1 aromatic rings. The smallest absolute Gasteiger partial charge is 0.130 e. The molecule has 1 unspecified atom stereocenters. The number of hydrogen-bond acceptors (Lipinski definition) is 1. The minimum absolute atomic E-state index is 0.0146. The van der Waals surface area contributed by atoms with Crippen LogP contribution in [-0.4, -0.2) is 6.54 Å². The number of hydrogen-bond donors (Lipinski definition) is 1. The largest absolute Gasteiger partial charge is 0.310 e. The van der Waals surface area contributed by atoms with Crippen LogP contribution in [-0.2, 0) is 0 Å². The lowest BCUT2D eigenvalue weighted by Gasteiger charge is -2.19. The zero-order chi connectivity index (χ0) is 12.8. The first-order valence-electron chi connectivity index (χ1n) is 6.29. The third-order valence-corrected chi connectivity index (χ3v) is 2.87. The summed E-state index contributed by atoms with van der Waals surface area (Å²) in [6.45, 7) is 6.65. The first-order chi connectivity index (χ1) is 8.10. The van der Waals surface area contributed by atoms with E-state index in [1.165, 1.54) is 0 Å². The van der Waals surface area contributed by atoms with E-state index in [9.17, 15) is 8.78 Å². The molecule has 0 amide bonds. The molecular weight excluding hydrogens is 220 g/mol. The number of aryl methyl sites for hydroxylation is 1. The summed E-state index contributed by atoms with van der Waals surface area (Å²) in [4.78, 5) is 0. The van der Waals surface area contributed by atoms with Crippen molar-refractivity contribution in [2.24, 2.45) is 0 Å². The lowest BCUT2D eigenvalue weighted by atomic mass is 9.99. The first-order valence-corrected chi connectivity index (χ1v) is 6.29. The first kappa shape index (κ1) is 14.1. The van der Waals surface area contributed by atoms with Gasteiger partial charge in [-0.3, -0.25) is 0 Å². The molecule has 0 aliphatic heterocycles. The molecule has 96 valence electrons. The molecule has 1 aromatic carbocycles. The van der Waals surface area contributed by atoms with Crippen molar-refractivity contribution in [2.75, 3.05) is 6.54 Å². The summed E-state index contributed by atoms with van der Waals surface area (Å²) in [5.74, 6) is -0.924. The second-order valence-electron chi connectivity index (χ2n) is 4.42. The van der Waals surface area contributed by atoms with E-state index < -0.39 is 11.6 Å². The highest BCUT2D eigenvalue weighted by atomic mass is 19.1. The quantitative estimate of drug-likeness (QED) is 0.790. The van der Waals surface area contributed by atoms with Crippen molar-refractivity contribution in [3.63, 3.8) is 0 Å². The molecule has 0 aliphatic rings. The zero-order valence-corrected chi connectivity index (χ0v) is 10.8. The third kappa shape index (κ3) is 3.77. The second-order valence-corrected chi connectivity index (χ2v) is 4.42. The number of rotatable bonds is 6. The zero-order valence-electron chi connectivity index (χ0n) is 10.8. The topological polar surface area (TPSA) is 12.0 Å². The average Bonchev–Trinajstić information content (AvgIpc) is 2.29. The van der Waals surface area contributed by atoms with Gasteiger partial charge in [-0.05, 0) is 37.9 Å². The number of nitrogens with one attached hydrogen (secondary N) is 1. The summed E-state index contributed by atoms with van der Waals surface area (Å²) in [6, 6.07) is 2.59. The van der Waals surface area contributed by atoms with Crippen LogP contribution >= 0.6 is 0 Å². The van der Waals surface area contributed by atoms with Gasteiger partial charge in [0.25, 0.3) is 0 Å². The third-order valence-electron chi connectivity index (χ3n) is 2.87. The molecule has 1 N–H and O–H groups in total. The molecule has 0 heterocycles. The molecule has 1 nitrogen and oxygen atoms in total. The van der Waals surface area contributed by atoms with Crippen molar-refractivity contribution < 1.29 is 8.78 Å². The Kier molecular flexibility index (Phi) is 5.56. The van der Waals surface area contributed by atoms with Crippen LogP contribution in [0.2, 0.25) is 0 Å². The molecule has 0 aliphatic carbocycles. The van der Waals surface area contributed by atoms with Crippen LogP contribution in [0.5, 0.6) is 0 Å². The van der Waals surface area contributed by atoms with E-state index in [2.05, 4.69) is 19.2 Å². The van der Waals surface area contributed by atoms with Crippen molar-refractivity contribution >= 4 is 0 Å². The van der Waals surface area contributed by atoms with Crippen molar-refractivity contribution in [2.45, 2.75) is 46.1 Å². The fourth-order valence-electron chi connectivity index (χ4n) is 1.92. The minimum atomic E-state index is -0.475. The van der Waals surface area contributed by atoms with Crippen molar-refractivity contribution in [1.82, 2.24) is 5.32 Å². The summed E-state index contributed by atoms with van der Waals surface area (Å²) in [7, 11) is 0. The second kappa shape index (κ2) is 6.70. The van der Waals surface area contributed by atoms with Gasteiger partial charge in [0.15, 0.2) is 0 Å². The molecular formula is C14H21F2N. The van der Waals surface area contributed by atoms with Crippen LogP contribution < -0.4 is 5.32 Å². The summed E-state index contributed by atoms with van der Waals surface area (Å²) >= 11 is 0. The molecule has 0 saturated heterocycles. The van der Waals surface area contributed by atoms with Crippen LogP contribution in [0.3, 0.4) is 0 Å².